The highest BCUT2D eigenvalue weighted by molar-refractivity contribution is 9.11. The molecule has 2 aromatic rings. The summed E-state index contributed by atoms with van der Waals surface area (Å²) >= 11 is 5.16. The first-order valence-electron chi connectivity index (χ1n) is 5.38. The van der Waals surface area contributed by atoms with E-state index in [9.17, 15) is 4.39 Å². The fourth-order valence-corrected chi connectivity index (χ4v) is 3.03. The van der Waals surface area contributed by atoms with Crippen LogP contribution in [0.15, 0.2) is 40.2 Å². The van der Waals surface area contributed by atoms with Gasteiger partial charge in [0, 0.05) is 17.5 Å². The lowest BCUT2D eigenvalue weighted by Gasteiger charge is -2.12. The predicted octanol–water partition coefficient (Wildman–Crippen LogP) is 4.50. The van der Waals surface area contributed by atoms with Gasteiger partial charge < -0.3 is 5.32 Å². The summed E-state index contributed by atoms with van der Waals surface area (Å²) in [5.74, 6) is -0.184. The third-order valence-corrected chi connectivity index (χ3v) is 4.33. The standard InChI is InChI=1S/C13H13BrFNS/c1-9(12-5-6-13(14)17-12)16-8-10-3-2-4-11(15)7-10/h2-7,9,16H,8H2,1H3. The molecule has 1 heterocycles. The zero-order chi connectivity index (χ0) is 12.3. The van der Waals surface area contributed by atoms with Gasteiger partial charge in [-0.3, -0.25) is 0 Å². The summed E-state index contributed by atoms with van der Waals surface area (Å²) in [4.78, 5) is 1.27. The van der Waals surface area contributed by atoms with Crippen LogP contribution < -0.4 is 5.32 Å². The van der Waals surface area contributed by atoms with Crippen LogP contribution in [0, 0.1) is 5.82 Å². The van der Waals surface area contributed by atoms with Gasteiger partial charge in [-0.25, -0.2) is 4.39 Å². The van der Waals surface area contributed by atoms with E-state index in [1.807, 2.05) is 12.1 Å². The number of rotatable bonds is 4. The maximum atomic E-state index is 13.0. The summed E-state index contributed by atoms with van der Waals surface area (Å²) < 4.78 is 14.1. The van der Waals surface area contributed by atoms with Crippen molar-refractivity contribution >= 4 is 27.3 Å². The monoisotopic (exact) mass is 313 g/mol. The molecule has 0 aliphatic heterocycles. The van der Waals surface area contributed by atoms with Crippen LogP contribution in [0.1, 0.15) is 23.4 Å². The maximum Gasteiger partial charge on any atom is 0.123 e. The molecular weight excluding hydrogens is 301 g/mol. The van der Waals surface area contributed by atoms with Crippen molar-refractivity contribution in [3.05, 3.63) is 56.4 Å². The quantitative estimate of drug-likeness (QED) is 0.876. The minimum absolute atomic E-state index is 0.184. The molecule has 1 N–H and O–H groups in total. The van der Waals surface area contributed by atoms with Crippen LogP contribution in [-0.4, -0.2) is 0 Å². The van der Waals surface area contributed by atoms with Crippen molar-refractivity contribution in [1.29, 1.82) is 0 Å². The van der Waals surface area contributed by atoms with E-state index < -0.39 is 0 Å². The van der Waals surface area contributed by atoms with Gasteiger partial charge in [-0.2, -0.15) is 0 Å². The van der Waals surface area contributed by atoms with Gasteiger partial charge >= 0.3 is 0 Å². The molecule has 90 valence electrons. The van der Waals surface area contributed by atoms with Crippen LogP contribution in [0.3, 0.4) is 0 Å². The van der Waals surface area contributed by atoms with Crippen LogP contribution in [0.5, 0.6) is 0 Å². The second-order valence-corrected chi connectivity index (χ2v) is 6.37. The number of halogens is 2. The first-order valence-corrected chi connectivity index (χ1v) is 6.99. The van der Waals surface area contributed by atoms with Crippen LogP contribution in [0.25, 0.3) is 0 Å². The van der Waals surface area contributed by atoms with Crippen LogP contribution in [0.4, 0.5) is 4.39 Å². The molecule has 0 amide bonds. The largest absolute Gasteiger partial charge is 0.305 e. The van der Waals surface area contributed by atoms with Crippen molar-refractivity contribution in [2.24, 2.45) is 0 Å². The lowest BCUT2D eigenvalue weighted by atomic mass is 10.2. The molecule has 1 aromatic heterocycles. The van der Waals surface area contributed by atoms with E-state index in [1.165, 1.54) is 10.9 Å². The maximum absolute atomic E-state index is 13.0. The van der Waals surface area contributed by atoms with Crippen LogP contribution in [-0.2, 0) is 6.54 Å². The molecule has 1 unspecified atom stereocenters. The molecule has 0 aliphatic carbocycles. The van der Waals surface area contributed by atoms with Crippen molar-refractivity contribution in [3.8, 4) is 0 Å². The lowest BCUT2D eigenvalue weighted by molar-refractivity contribution is 0.576. The van der Waals surface area contributed by atoms with Crippen molar-refractivity contribution in [3.63, 3.8) is 0 Å². The molecule has 17 heavy (non-hydrogen) atoms. The molecule has 1 aromatic carbocycles. The van der Waals surface area contributed by atoms with Gasteiger partial charge in [0.2, 0.25) is 0 Å². The predicted molar refractivity (Wildman–Crippen MR) is 73.7 cm³/mol. The van der Waals surface area contributed by atoms with E-state index in [0.717, 1.165) is 9.35 Å². The minimum atomic E-state index is -0.184. The van der Waals surface area contributed by atoms with Gasteiger partial charge in [0.25, 0.3) is 0 Å². The third kappa shape index (κ3) is 3.63. The Morgan fingerprint density at radius 3 is 2.82 bits per heavy atom. The summed E-state index contributed by atoms with van der Waals surface area (Å²) in [6, 6.07) is 11.1. The number of nitrogens with one attached hydrogen (secondary N) is 1. The first kappa shape index (κ1) is 12.7. The van der Waals surface area contributed by atoms with E-state index >= 15 is 0 Å². The van der Waals surface area contributed by atoms with Crippen LogP contribution in [0.2, 0.25) is 0 Å². The molecule has 1 nitrogen and oxygen atoms in total. The van der Waals surface area contributed by atoms with Gasteiger partial charge in [-0.05, 0) is 52.7 Å². The van der Waals surface area contributed by atoms with E-state index in [-0.39, 0.29) is 11.9 Å². The molecule has 1 atom stereocenters. The Morgan fingerprint density at radius 1 is 1.35 bits per heavy atom. The molecule has 0 aliphatic rings. The Hall–Kier alpha value is -0.710. The average Bonchev–Trinajstić information content (AvgIpc) is 2.73. The zero-order valence-corrected chi connectivity index (χ0v) is 11.8. The van der Waals surface area contributed by atoms with Gasteiger partial charge in [-0.15, -0.1) is 11.3 Å². The topological polar surface area (TPSA) is 12.0 Å². The summed E-state index contributed by atoms with van der Waals surface area (Å²) in [6.07, 6.45) is 0. The SMILES string of the molecule is CC(NCc1cccc(F)c1)c1ccc(Br)s1. The van der Waals surface area contributed by atoms with Crippen molar-refractivity contribution in [2.45, 2.75) is 19.5 Å². The van der Waals surface area contributed by atoms with Gasteiger partial charge in [0.05, 0.1) is 3.79 Å². The van der Waals surface area contributed by atoms with E-state index in [0.29, 0.717) is 6.54 Å². The summed E-state index contributed by atoms with van der Waals surface area (Å²) in [7, 11) is 0. The Kier molecular flexibility index (Phi) is 4.31. The number of benzene rings is 1. The normalized spacial score (nSPS) is 12.6. The highest BCUT2D eigenvalue weighted by Gasteiger charge is 2.07. The Balaban J connectivity index is 1.94. The Morgan fingerprint density at radius 2 is 2.18 bits per heavy atom. The Labute approximate surface area is 113 Å². The third-order valence-electron chi connectivity index (χ3n) is 2.52. The van der Waals surface area contributed by atoms with Gasteiger partial charge in [0.1, 0.15) is 5.82 Å². The fourth-order valence-electron chi connectivity index (χ4n) is 1.58. The molecule has 0 fully saturated rings. The molecule has 0 bridgehead atoms. The van der Waals surface area contributed by atoms with Gasteiger partial charge in [-0.1, -0.05) is 12.1 Å². The van der Waals surface area contributed by atoms with Gasteiger partial charge in [0.15, 0.2) is 0 Å². The van der Waals surface area contributed by atoms with E-state index in [2.05, 4.69) is 34.2 Å². The molecular formula is C13H13BrFNS. The van der Waals surface area contributed by atoms with Crippen molar-refractivity contribution in [2.75, 3.05) is 0 Å². The Bertz CT molecular complexity index is 498. The minimum Gasteiger partial charge on any atom is -0.305 e. The molecule has 4 heteroatoms. The highest BCUT2D eigenvalue weighted by atomic mass is 79.9. The highest BCUT2D eigenvalue weighted by Crippen LogP contribution is 2.27. The number of hydrogen-bond donors (Lipinski definition) is 1. The molecule has 0 radical (unpaired) electrons. The molecule has 0 saturated heterocycles. The van der Waals surface area contributed by atoms with Crippen molar-refractivity contribution < 1.29 is 4.39 Å². The van der Waals surface area contributed by atoms with Crippen LogP contribution >= 0.6 is 27.3 Å². The van der Waals surface area contributed by atoms with E-state index in [4.69, 9.17) is 0 Å². The summed E-state index contributed by atoms with van der Waals surface area (Å²) in [5, 5.41) is 3.38. The smallest absolute Gasteiger partial charge is 0.123 e. The summed E-state index contributed by atoms with van der Waals surface area (Å²) in [6.45, 7) is 2.78. The molecule has 0 spiro atoms. The first-order chi connectivity index (χ1) is 8.15. The summed E-state index contributed by atoms with van der Waals surface area (Å²) in [5.41, 5.74) is 0.965. The lowest BCUT2D eigenvalue weighted by Crippen LogP contribution is -2.17. The van der Waals surface area contributed by atoms with Crippen molar-refractivity contribution in [1.82, 2.24) is 5.32 Å². The van der Waals surface area contributed by atoms with E-state index in [1.54, 1.807) is 23.5 Å². The second kappa shape index (κ2) is 5.76. The number of thiophene rings is 1. The molecule has 0 saturated carbocycles. The number of hydrogen-bond acceptors (Lipinski definition) is 2. The average molecular weight is 314 g/mol. The molecule has 2 rings (SSSR count). The second-order valence-electron chi connectivity index (χ2n) is 3.87. The zero-order valence-electron chi connectivity index (χ0n) is 9.41. The fraction of sp³-hybridized carbons (Fsp3) is 0.231.